The molecule has 1 heterocycles. The lowest BCUT2D eigenvalue weighted by molar-refractivity contribution is 0.0694. The van der Waals surface area contributed by atoms with Crippen molar-refractivity contribution in [3.05, 3.63) is 28.5 Å². The summed E-state index contributed by atoms with van der Waals surface area (Å²) in [4.78, 5) is 14.6. The van der Waals surface area contributed by atoms with Crippen LogP contribution in [0.5, 0.6) is 0 Å². The van der Waals surface area contributed by atoms with Crippen molar-refractivity contribution < 1.29 is 9.90 Å². The minimum absolute atomic E-state index is 0.0967. The fourth-order valence-electron chi connectivity index (χ4n) is 0.978. The van der Waals surface area contributed by atoms with Crippen LogP contribution >= 0.6 is 11.6 Å². The number of aromatic carboxylic acids is 1. The first kappa shape index (κ1) is 9.95. The molecule has 0 bridgehead atoms. The van der Waals surface area contributed by atoms with Gasteiger partial charge in [0.05, 0.1) is 11.3 Å². The molecule has 1 unspecified atom stereocenters. The summed E-state index contributed by atoms with van der Waals surface area (Å²) in [5.41, 5.74) is 5.94. The van der Waals surface area contributed by atoms with Crippen molar-refractivity contribution in [3.8, 4) is 0 Å². The maximum Gasteiger partial charge on any atom is 0.337 e. The minimum Gasteiger partial charge on any atom is -0.478 e. The molecule has 1 aromatic rings. The molecule has 0 radical (unpaired) electrons. The van der Waals surface area contributed by atoms with E-state index >= 15 is 0 Å². The molecule has 0 amide bonds. The van der Waals surface area contributed by atoms with Crippen molar-refractivity contribution in [2.45, 2.75) is 13.0 Å². The Morgan fingerprint density at radius 1 is 1.69 bits per heavy atom. The molecular weight excluding hydrogens is 192 g/mol. The quantitative estimate of drug-likeness (QED) is 0.709. The van der Waals surface area contributed by atoms with Crippen molar-refractivity contribution in [3.63, 3.8) is 0 Å². The van der Waals surface area contributed by atoms with E-state index in [1.54, 1.807) is 6.92 Å². The van der Waals surface area contributed by atoms with E-state index in [1.165, 1.54) is 12.1 Å². The highest BCUT2D eigenvalue weighted by Gasteiger charge is 2.14. The van der Waals surface area contributed by atoms with Crippen LogP contribution in [-0.4, -0.2) is 16.1 Å². The van der Waals surface area contributed by atoms with E-state index in [9.17, 15) is 4.79 Å². The number of aromatic nitrogens is 1. The fraction of sp³-hybridized carbons (Fsp3) is 0.250. The van der Waals surface area contributed by atoms with E-state index in [2.05, 4.69) is 4.98 Å². The van der Waals surface area contributed by atoms with Crippen molar-refractivity contribution >= 4 is 17.6 Å². The van der Waals surface area contributed by atoms with Crippen LogP contribution in [0.2, 0.25) is 5.15 Å². The molecular formula is C8H9ClN2O2. The van der Waals surface area contributed by atoms with Crippen LogP contribution in [-0.2, 0) is 0 Å². The van der Waals surface area contributed by atoms with Gasteiger partial charge < -0.3 is 10.8 Å². The summed E-state index contributed by atoms with van der Waals surface area (Å²) in [5, 5.41) is 9.01. The number of carboxylic acids is 1. The lowest BCUT2D eigenvalue weighted by atomic mass is 10.1. The van der Waals surface area contributed by atoms with Gasteiger partial charge in [-0.3, -0.25) is 0 Å². The van der Waals surface area contributed by atoms with Gasteiger partial charge in [0.15, 0.2) is 0 Å². The minimum atomic E-state index is -1.04. The topological polar surface area (TPSA) is 76.2 Å². The lowest BCUT2D eigenvalue weighted by Crippen LogP contribution is -2.13. The second-order valence-electron chi connectivity index (χ2n) is 2.66. The molecule has 3 N–H and O–H groups in total. The van der Waals surface area contributed by atoms with Crippen molar-refractivity contribution in [1.29, 1.82) is 0 Å². The molecule has 0 aliphatic heterocycles. The first-order valence-corrected chi connectivity index (χ1v) is 4.05. The zero-order valence-corrected chi connectivity index (χ0v) is 7.75. The van der Waals surface area contributed by atoms with E-state index in [4.69, 9.17) is 22.4 Å². The Bertz CT molecular complexity index is 339. The number of nitrogens with zero attached hydrogens (tertiary/aromatic N) is 1. The Hall–Kier alpha value is -1.13. The third-order valence-electron chi connectivity index (χ3n) is 1.55. The van der Waals surface area contributed by atoms with Crippen LogP contribution in [0.15, 0.2) is 12.1 Å². The van der Waals surface area contributed by atoms with Crippen molar-refractivity contribution in [2.24, 2.45) is 5.73 Å². The third-order valence-corrected chi connectivity index (χ3v) is 1.76. The van der Waals surface area contributed by atoms with E-state index in [1.807, 2.05) is 0 Å². The Kier molecular flexibility index (Phi) is 2.85. The maximum absolute atomic E-state index is 10.7. The fourth-order valence-corrected chi connectivity index (χ4v) is 1.13. The first-order valence-electron chi connectivity index (χ1n) is 3.67. The van der Waals surface area contributed by atoms with Crippen LogP contribution in [0.1, 0.15) is 29.0 Å². The smallest absolute Gasteiger partial charge is 0.337 e. The van der Waals surface area contributed by atoms with E-state index in [-0.39, 0.29) is 10.7 Å². The first-order chi connectivity index (χ1) is 6.02. The van der Waals surface area contributed by atoms with E-state index < -0.39 is 12.0 Å². The predicted molar refractivity (Wildman–Crippen MR) is 48.8 cm³/mol. The van der Waals surface area contributed by atoms with Gasteiger partial charge in [0.25, 0.3) is 0 Å². The van der Waals surface area contributed by atoms with Gasteiger partial charge in [-0.25, -0.2) is 9.78 Å². The lowest BCUT2D eigenvalue weighted by Gasteiger charge is -2.08. The van der Waals surface area contributed by atoms with Gasteiger partial charge in [0.2, 0.25) is 0 Å². The monoisotopic (exact) mass is 200 g/mol. The average Bonchev–Trinajstić information content (AvgIpc) is 2.03. The highest BCUT2D eigenvalue weighted by atomic mass is 35.5. The molecule has 0 saturated carbocycles. The van der Waals surface area contributed by atoms with Crippen LogP contribution in [0.4, 0.5) is 0 Å². The number of rotatable bonds is 2. The molecule has 5 heteroatoms. The Morgan fingerprint density at radius 3 is 2.77 bits per heavy atom. The molecule has 0 fully saturated rings. The van der Waals surface area contributed by atoms with E-state index in [0.29, 0.717) is 5.69 Å². The zero-order valence-electron chi connectivity index (χ0n) is 6.99. The van der Waals surface area contributed by atoms with Crippen molar-refractivity contribution in [2.75, 3.05) is 0 Å². The van der Waals surface area contributed by atoms with Gasteiger partial charge >= 0.3 is 5.97 Å². The van der Waals surface area contributed by atoms with Crippen LogP contribution in [0.3, 0.4) is 0 Å². The number of hydrogen-bond acceptors (Lipinski definition) is 3. The van der Waals surface area contributed by atoms with Crippen LogP contribution in [0.25, 0.3) is 0 Å². The van der Waals surface area contributed by atoms with Gasteiger partial charge in [-0.2, -0.15) is 0 Å². The second kappa shape index (κ2) is 3.72. The van der Waals surface area contributed by atoms with Gasteiger partial charge in [-0.15, -0.1) is 0 Å². The highest BCUT2D eigenvalue weighted by molar-refractivity contribution is 6.29. The summed E-state index contributed by atoms with van der Waals surface area (Å²) in [6.07, 6.45) is 0. The Morgan fingerprint density at radius 2 is 2.31 bits per heavy atom. The summed E-state index contributed by atoms with van der Waals surface area (Å²) in [6.45, 7) is 1.66. The number of halogens is 1. The van der Waals surface area contributed by atoms with Crippen LogP contribution < -0.4 is 5.73 Å². The summed E-state index contributed by atoms with van der Waals surface area (Å²) in [6, 6.07) is 2.39. The SMILES string of the molecule is CC(N)c1nc(Cl)ccc1C(=O)O. The second-order valence-corrected chi connectivity index (χ2v) is 3.05. The number of carbonyl (C=O) groups is 1. The maximum atomic E-state index is 10.7. The summed E-state index contributed by atoms with van der Waals surface area (Å²) in [5.74, 6) is -1.04. The molecule has 0 aromatic carbocycles. The third kappa shape index (κ3) is 2.17. The van der Waals surface area contributed by atoms with Crippen molar-refractivity contribution in [1.82, 2.24) is 4.98 Å². The molecule has 1 rings (SSSR count). The summed E-state index contributed by atoms with van der Waals surface area (Å²) < 4.78 is 0. The summed E-state index contributed by atoms with van der Waals surface area (Å²) >= 11 is 5.61. The molecule has 4 nitrogen and oxygen atoms in total. The normalized spacial score (nSPS) is 12.5. The number of hydrogen-bond donors (Lipinski definition) is 2. The van der Waals surface area contributed by atoms with E-state index in [0.717, 1.165) is 0 Å². The molecule has 1 atom stereocenters. The zero-order chi connectivity index (χ0) is 10.0. The molecule has 0 aliphatic rings. The Balaban J connectivity index is 3.26. The molecule has 0 saturated heterocycles. The average molecular weight is 201 g/mol. The standard InChI is InChI=1S/C8H9ClN2O2/c1-4(10)7-5(8(12)13)2-3-6(9)11-7/h2-4H,10H2,1H3,(H,12,13). The molecule has 1 aromatic heterocycles. The van der Waals surface area contributed by atoms with Gasteiger partial charge in [-0.1, -0.05) is 11.6 Å². The number of nitrogens with two attached hydrogens (primary N) is 1. The number of carboxylic acid groups (broad SMARTS) is 1. The van der Waals surface area contributed by atoms with Crippen LogP contribution in [0, 0.1) is 0 Å². The highest BCUT2D eigenvalue weighted by Crippen LogP contribution is 2.16. The van der Waals surface area contributed by atoms with Gasteiger partial charge in [0, 0.05) is 6.04 Å². The molecule has 0 spiro atoms. The molecule has 0 aliphatic carbocycles. The Labute approximate surface area is 80.3 Å². The summed E-state index contributed by atoms with van der Waals surface area (Å²) in [7, 11) is 0. The van der Waals surface area contributed by atoms with Gasteiger partial charge in [-0.05, 0) is 19.1 Å². The predicted octanol–water partition coefficient (Wildman–Crippen LogP) is 1.45. The largest absolute Gasteiger partial charge is 0.478 e. The number of pyridine rings is 1. The molecule has 70 valence electrons. The van der Waals surface area contributed by atoms with Gasteiger partial charge in [0.1, 0.15) is 5.15 Å². The molecule has 13 heavy (non-hydrogen) atoms.